The second-order valence-electron chi connectivity index (χ2n) is 5.19. The Morgan fingerprint density at radius 1 is 1.05 bits per heavy atom. The number of aliphatic hydroxyl groups is 2. The highest BCUT2D eigenvalue weighted by molar-refractivity contribution is 6.05. The normalized spacial score (nSPS) is 17.4. The lowest BCUT2D eigenvalue weighted by atomic mass is 9.86. The molecule has 22 heavy (non-hydrogen) atoms. The van der Waals surface area contributed by atoms with Crippen LogP contribution in [0.1, 0.15) is 19.4 Å². The number of hydrogen-bond donors (Lipinski definition) is 5. The minimum Gasteiger partial charge on any atom is -0.479 e. The average Bonchev–Trinajstić information content (AvgIpc) is 2.68. The topological polar surface area (TPSA) is 144 Å². The van der Waals surface area contributed by atoms with Crippen LogP contribution in [0.5, 0.6) is 0 Å². The first-order valence-electron chi connectivity index (χ1n) is 6.31. The fourth-order valence-electron chi connectivity index (χ4n) is 1.81. The monoisotopic (exact) mass is 311 g/mol. The lowest BCUT2D eigenvalue weighted by Crippen LogP contribution is -2.39. The van der Waals surface area contributed by atoms with Crippen LogP contribution in [0.15, 0.2) is 24.3 Å². The van der Waals surface area contributed by atoms with Crippen LogP contribution in [0.25, 0.3) is 0 Å². The number of benzene rings is 1. The summed E-state index contributed by atoms with van der Waals surface area (Å²) in [6.45, 7) is 3.88. The van der Waals surface area contributed by atoms with Crippen LogP contribution in [0.4, 0.5) is 5.69 Å². The van der Waals surface area contributed by atoms with Crippen molar-refractivity contribution in [1.82, 2.24) is 0 Å². The van der Waals surface area contributed by atoms with Crippen molar-refractivity contribution in [3.8, 4) is 0 Å². The predicted molar refractivity (Wildman–Crippen MR) is 75.4 cm³/mol. The Bertz CT molecular complexity index is 579. The molecule has 1 aliphatic heterocycles. The highest BCUT2D eigenvalue weighted by Gasteiger charge is 2.37. The first-order chi connectivity index (χ1) is 10.1. The van der Waals surface area contributed by atoms with Crippen LogP contribution in [0.3, 0.4) is 0 Å². The van der Waals surface area contributed by atoms with Crippen LogP contribution in [-0.2, 0) is 19.8 Å². The third-order valence-corrected chi connectivity index (χ3v) is 3.22. The molecule has 1 heterocycles. The fraction of sp³-hybridized carbons (Fsp3) is 0.357. The largest absolute Gasteiger partial charge is 0.479 e. The molecule has 0 unspecified atom stereocenters. The number of nitrogens with one attached hydrogen (secondary N) is 1. The molecule has 0 saturated carbocycles. The van der Waals surface area contributed by atoms with Crippen molar-refractivity contribution >= 4 is 23.5 Å². The molecule has 0 saturated heterocycles. The van der Waals surface area contributed by atoms with E-state index in [0.717, 1.165) is 11.3 Å². The van der Waals surface area contributed by atoms with Gasteiger partial charge in [0.2, 0.25) is 5.91 Å². The van der Waals surface area contributed by atoms with Gasteiger partial charge in [-0.1, -0.05) is 18.2 Å². The van der Waals surface area contributed by atoms with Gasteiger partial charge >= 0.3 is 11.9 Å². The van der Waals surface area contributed by atoms with E-state index in [9.17, 15) is 14.4 Å². The predicted octanol–water partition coefficient (Wildman–Crippen LogP) is -0.206. The Morgan fingerprint density at radius 3 is 1.91 bits per heavy atom. The molecule has 2 atom stereocenters. The van der Waals surface area contributed by atoms with E-state index in [-0.39, 0.29) is 11.3 Å². The molecule has 8 nitrogen and oxygen atoms in total. The third-order valence-electron chi connectivity index (χ3n) is 3.22. The minimum atomic E-state index is -2.27. The summed E-state index contributed by atoms with van der Waals surface area (Å²) >= 11 is 0. The van der Waals surface area contributed by atoms with Gasteiger partial charge in [0.1, 0.15) is 0 Å². The van der Waals surface area contributed by atoms with Gasteiger partial charge in [-0.3, -0.25) is 4.79 Å². The minimum absolute atomic E-state index is 0.0868. The summed E-state index contributed by atoms with van der Waals surface area (Å²) in [5.41, 5.74) is 1.68. The Kier molecular flexibility index (Phi) is 5.23. The zero-order valence-corrected chi connectivity index (χ0v) is 12.0. The summed E-state index contributed by atoms with van der Waals surface area (Å²) in [6, 6.07) is 7.82. The van der Waals surface area contributed by atoms with Gasteiger partial charge < -0.3 is 25.7 Å². The van der Waals surface area contributed by atoms with Crippen molar-refractivity contribution in [2.24, 2.45) is 0 Å². The van der Waals surface area contributed by atoms with E-state index in [1.54, 1.807) is 0 Å². The first-order valence-corrected chi connectivity index (χ1v) is 6.31. The lowest BCUT2D eigenvalue weighted by molar-refractivity contribution is -0.165. The SMILES string of the molecule is CC1(C)C(=O)Nc2ccccc21.O=C(O)[C@H](O)[C@@H](O)C(=O)O. The molecule has 2 rings (SSSR count). The number of carboxylic acid groups (broad SMARTS) is 2. The van der Waals surface area contributed by atoms with Crippen molar-refractivity contribution in [2.75, 3.05) is 5.32 Å². The summed E-state index contributed by atoms with van der Waals surface area (Å²) in [7, 11) is 0. The molecule has 5 N–H and O–H groups in total. The maximum absolute atomic E-state index is 11.4. The number of carbonyl (C=O) groups excluding carboxylic acids is 1. The Hall–Kier alpha value is -2.45. The molecule has 1 aliphatic rings. The van der Waals surface area contributed by atoms with Crippen LogP contribution in [-0.4, -0.2) is 50.5 Å². The lowest BCUT2D eigenvalue weighted by Gasteiger charge is -2.14. The number of hydrogen-bond acceptors (Lipinski definition) is 5. The van der Waals surface area contributed by atoms with Crippen molar-refractivity contribution in [3.05, 3.63) is 29.8 Å². The highest BCUT2D eigenvalue weighted by Crippen LogP contribution is 2.36. The van der Waals surface area contributed by atoms with E-state index < -0.39 is 24.1 Å². The summed E-state index contributed by atoms with van der Waals surface area (Å²) in [5.74, 6) is -3.45. The van der Waals surface area contributed by atoms with Gasteiger partial charge in [-0.25, -0.2) is 9.59 Å². The van der Waals surface area contributed by atoms with Crippen LogP contribution in [0, 0.1) is 0 Å². The van der Waals surface area contributed by atoms with E-state index >= 15 is 0 Å². The average molecular weight is 311 g/mol. The fourth-order valence-corrected chi connectivity index (χ4v) is 1.81. The van der Waals surface area contributed by atoms with E-state index in [4.69, 9.17) is 20.4 Å². The molecule has 1 aromatic carbocycles. The van der Waals surface area contributed by atoms with E-state index in [1.807, 2.05) is 38.1 Å². The number of anilines is 1. The summed E-state index contributed by atoms with van der Waals surface area (Å²) < 4.78 is 0. The van der Waals surface area contributed by atoms with Crippen LogP contribution < -0.4 is 5.32 Å². The van der Waals surface area contributed by atoms with E-state index in [2.05, 4.69) is 5.32 Å². The van der Waals surface area contributed by atoms with E-state index in [0.29, 0.717) is 0 Å². The van der Waals surface area contributed by atoms with Crippen LogP contribution in [0.2, 0.25) is 0 Å². The number of rotatable bonds is 3. The van der Waals surface area contributed by atoms with Crippen LogP contribution >= 0.6 is 0 Å². The maximum atomic E-state index is 11.4. The number of amides is 1. The molecular formula is C14H17NO7. The summed E-state index contributed by atoms with van der Waals surface area (Å²) in [5, 5.41) is 35.4. The molecule has 0 aromatic heterocycles. The molecule has 0 bridgehead atoms. The number of aliphatic carboxylic acids is 2. The second kappa shape index (κ2) is 6.54. The Labute approximate surface area is 126 Å². The standard InChI is InChI=1S/C10H11NO.C4H6O6/c1-10(2)7-5-3-4-6-8(7)11-9(10)12;5-1(3(7)8)2(6)4(9)10/h3-6H,1-2H3,(H,11,12);1-2,5-6H,(H,7,8)(H,9,10)/t;1-,2-/m.1/s1. The van der Waals surface area contributed by atoms with Crippen molar-refractivity contribution in [3.63, 3.8) is 0 Å². The van der Waals surface area contributed by atoms with Gasteiger partial charge in [0.05, 0.1) is 5.41 Å². The van der Waals surface area contributed by atoms with Crippen molar-refractivity contribution in [2.45, 2.75) is 31.5 Å². The number of fused-ring (bicyclic) bond motifs is 1. The zero-order chi connectivity index (χ0) is 17.1. The molecule has 8 heteroatoms. The molecular weight excluding hydrogens is 294 g/mol. The number of carboxylic acids is 2. The van der Waals surface area contributed by atoms with Crippen molar-refractivity contribution < 1.29 is 34.8 Å². The Morgan fingerprint density at radius 2 is 1.50 bits per heavy atom. The first kappa shape index (κ1) is 17.6. The molecule has 0 spiro atoms. The summed E-state index contributed by atoms with van der Waals surface area (Å²) in [6.07, 6.45) is -4.53. The van der Waals surface area contributed by atoms with Gasteiger partial charge in [0.25, 0.3) is 0 Å². The van der Waals surface area contributed by atoms with Gasteiger partial charge in [0, 0.05) is 5.69 Å². The molecule has 1 amide bonds. The number of aliphatic hydroxyl groups excluding tert-OH is 2. The van der Waals surface area contributed by atoms with Gasteiger partial charge in [0.15, 0.2) is 12.2 Å². The van der Waals surface area contributed by atoms with Gasteiger partial charge in [-0.05, 0) is 25.5 Å². The molecule has 1 aromatic rings. The Balaban J connectivity index is 0.000000225. The second-order valence-corrected chi connectivity index (χ2v) is 5.19. The maximum Gasteiger partial charge on any atom is 0.335 e. The molecule has 0 aliphatic carbocycles. The summed E-state index contributed by atoms with van der Waals surface area (Å²) in [4.78, 5) is 31.0. The highest BCUT2D eigenvalue weighted by atomic mass is 16.4. The molecule has 0 fully saturated rings. The molecule has 120 valence electrons. The smallest absolute Gasteiger partial charge is 0.335 e. The molecule has 0 radical (unpaired) electrons. The number of carbonyl (C=O) groups is 3. The number of para-hydroxylation sites is 1. The quantitative estimate of drug-likeness (QED) is 0.519. The van der Waals surface area contributed by atoms with Crippen molar-refractivity contribution in [1.29, 1.82) is 0 Å². The van der Waals surface area contributed by atoms with E-state index in [1.165, 1.54) is 0 Å². The zero-order valence-electron chi connectivity index (χ0n) is 12.0. The van der Waals surface area contributed by atoms with Gasteiger partial charge in [-0.2, -0.15) is 0 Å². The third kappa shape index (κ3) is 3.60. The van der Waals surface area contributed by atoms with Gasteiger partial charge in [-0.15, -0.1) is 0 Å².